The zero-order chi connectivity index (χ0) is 8.15. The van der Waals surface area contributed by atoms with E-state index in [1.54, 1.807) is 7.11 Å². The molecule has 0 aliphatic rings. The number of rotatable bonds is 3. The zero-order valence-electron chi connectivity index (χ0n) is 6.66. The number of methoxy groups -OCH3 is 1. The molecule has 0 heterocycles. The van der Waals surface area contributed by atoms with Crippen molar-refractivity contribution in [1.82, 2.24) is 0 Å². The second-order valence-corrected chi connectivity index (χ2v) is 2.45. The second-order valence-electron chi connectivity index (χ2n) is 2.45. The van der Waals surface area contributed by atoms with Crippen molar-refractivity contribution in [3.8, 4) is 0 Å². The van der Waals surface area contributed by atoms with Gasteiger partial charge in [-0.3, -0.25) is 0 Å². The van der Waals surface area contributed by atoms with E-state index in [2.05, 4.69) is 5.10 Å². The first-order valence-corrected chi connectivity index (χ1v) is 3.19. The quantitative estimate of drug-likeness (QED) is 0.252. The summed E-state index contributed by atoms with van der Waals surface area (Å²) in [5.41, 5.74) is 5.43. The highest BCUT2D eigenvalue weighted by molar-refractivity contribution is 5.84. The maximum atomic E-state index is 5.43. The fourth-order valence-corrected chi connectivity index (χ4v) is 0.808. The van der Waals surface area contributed by atoms with Crippen LogP contribution in [0.5, 0.6) is 0 Å². The van der Waals surface area contributed by atoms with Gasteiger partial charge in [0, 0.05) is 7.11 Å². The average Bonchev–Trinajstić information content (AvgIpc) is 1.88. The SMILES string of the molecule is COC(C(N)=NN)C(C)C. The molecular formula is C6H15N3O. The van der Waals surface area contributed by atoms with Gasteiger partial charge in [0.25, 0.3) is 0 Å². The van der Waals surface area contributed by atoms with Crippen LogP contribution in [0.4, 0.5) is 0 Å². The molecule has 0 aromatic carbocycles. The summed E-state index contributed by atoms with van der Waals surface area (Å²) >= 11 is 0. The molecule has 0 saturated carbocycles. The van der Waals surface area contributed by atoms with E-state index in [1.165, 1.54) is 0 Å². The van der Waals surface area contributed by atoms with Crippen molar-refractivity contribution in [1.29, 1.82) is 0 Å². The minimum Gasteiger partial charge on any atom is -0.384 e. The Kier molecular flexibility index (Phi) is 3.79. The predicted octanol–water partition coefficient (Wildman–Crippen LogP) is -0.112. The van der Waals surface area contributed by atoms with E-state index in [9.17, 15) is 0 Å². The average molecular weight is 145 g/mol. The van der Waals surface area contributed by atoms with Crippen LogP contribution in [0, 0.1) is 5.92 Å². The minimum atomic E-state index is -0.162. The van der Waals surface area contributed by atoms with Crippen LogP contribution >= 0.6 is 0 Å². The van der Waals surface area contributed by atoms with Crippen molar-refractivity contribution in [3.05, 3.63) is 0 Å². The van der Waals surface area contributed by atoms with E-state index in [0.717, 1.165) is 0 Å². The molecule has 0 aliphatic heterocycles. The molecule has 10 heavy (non-hydrogen) atoms. The van der Waals surface area contributed by atoms with Gasteiger partial charge in [-0.25, -0.2) is 0 Å². The van der Waals surface area contributed by atoms with E-state index in [0.29, 0.717) is 11.8 Å². The Bertz CT molecular complexity index is 122. The molecule has 0 radical (unpaired) electrons. The monoisotopic (exact) mass is 145 g/mol. The molecule has 0 spiro atoms. The lowest BCUT2D eigenvalue weighted by molar-refractivity contribution is 0.117. The zero-order valence-corrected chi connectivity index (χ0v) is 6.66. The Hall–Kier alpha value is -0.770. The molecule has 4 N–H and O–H groups in total. The first-order chi connectivity index (χ1) is 4.63. The summed E-state index contributed by atoms with van der Waals surface area (Å²) in [5, 5.41) is 3.35. The Morgan fingerprint density at radius 1 is 1.50 bits per heavy atom. The molecule has 0 fully saturated rings. The summed E-state index contributed by atoms with van der Waals surface area (Å²) in [6.07, 6.45) is -0.162. The van der Waals surface area contributed by atoms with Crippen molar-refractivity contribution in [2.75, 3.05) is 7.11 Å². The molecule has 4 nitrogen and oxygen atoms in total. The van der Waals surface area contributed by atoms with Gasteiger partial charge in [-0.2, -0.15) is 5.10 Å². The van der Waals surface area contributed by atoms with Gasteiger partial charge in [0.15, 0.2) is 0 Å². The van der Waals surface area contributed by atoms with Crippen molar-refractivity contribution in [2.24, 2.45) is 22.6 Å². The highest BCUT2D eigenvalue weighted by Gasteiger charge is 2.15. The molecule has 0 aliphatic carbocycles. The largest absolute Gasteiger partial charge is 0.384 e. The highest BCUT2D eigenvalue weighted by atomic mass is 16.5. The van der Waals surface area contributed by atoms with Gasteiger partial charge in [0.2, 0.25) is 0 Å². The number of hydrogen-bond acceptors (Lipinski definition) is 3. The van der Waals surface area contributed by atoms with Gasteiger partial charge < -0.3 is 16.3 Å². The van der Waals surface area contributed by atoms with Crippen molar-refractivity contribution in [3.63, 3.8) is 0 Å². The summed E-state index contributed by atoms with van der Waals surface area (Å²) < 4.78 is 5.03. The second kappa shape index (κ2) is 4.11. The van der Waals surface area contributed by atoms with Crippen molar-refractivity contribution < 1.29 is 4.74 Å². The lowest BCUT2D eigenvalue weighted by atomic mass is 10.1. The van der Waals surface area contributed by atoms with Gasteiger partial charge in [0.1, 0.15) is 11.9 Å². The molecule has 0 rings (SSSR count). The van der Waals surface area contributed by atoms with Crippen molar-refractivity contribution in [2.45, 2.75) is 20.0 Å². The number of nitrogens with zero attached hydrogens (tertiary/aromatic N) is 1. The van der Waals surface area contributed by atoms with Crippen LogP contribution in [0.25, 0.3) is 0 Å². The molecule has 0 saturated heterocycles. The van der Waals surface area contributed by atoms with Gasteiger partial charge in [-0.05, 0) is 5.92 Å². The summed E-state index contributed by atoms with van der Waals surface area (Å²) in [6.45, 7) is 3.98. The topological polar surface area (TPSA) is 73.6 Å². The molecule has 60 valence electrons. The van der Waals surface area contributed by atoms with Crippen LogP contribution < -0.4 is 11.6 Å². The molecule has 1 unspecified atom stereocenters. The summed E-state index contributed by atoms with van der Waals surface area (Å²) in [5.74, 6) is 5.62. The van der Waals surface area contributed by atoms with E-state index < -0.39 is 0 Å². The third kappa shape index (κ3) is 2.23. The smallest absolute Gasteiger partial charge is 0.148 e. The van der Waals surface area contributed by atoms with Crippen molar-refractivity contribution >= 4 is 5.84 Å². The molecular weight excluding hydrogens is 130 g/mol. The lowest BCUT2D eigenvalue weighted by Crippen LogP contribution is -2.35. The normalized spacial score (nSPS) is 15.8. The Morgan fingerprint density at radius 2 is 2.00 bits per heavy atom. The van der Waals surface area contributed by atoms with E-state index in [-0.39, 0.29) is 6.10 Å². The van der Waals surface area contributed by atoms with E-state index >= 15 is 0 Å². The van der Waals surface area contributed by atoms with E-state index in [4.69, 9.17) is 16.3 Å². The number of amidine groups is 1. The van der Waals surface area contributed by atoms with E-state index in [1.807, 2.05) is 13.8 Å². The molecule has 0 bridgehead atoms. The fraction of sp³-hybridized carbons (Fsp3) is 0.833. The summed E-state index contributed by atoms with van der Waals surface area (Å²) in [7, 11) is 1.59. The molecule has 0 aromatic rings. The molecule has 4 heteroatoms. The van der Waals surface area contributed by atoms with Crippen LogP contribution in [0.2, 0.25) is 0 Å². The van der Waals surface area contributed by atoms with Gasteiger partial charge >= 0.3 is 0 Å². The molecule has 0 amide bonds. The lowest BCUT2D eigenvalue weighted by Gasteiger charge is -2.17. The Morgan fingerprint density at radius 3 is 2.10 bits per heavy atom. The van der Waals surface area contributed by atoms with Gasteiger partial charge in [-0.15, -0.1) is 0 Å². The molecule has 0 aromatic heterocycles. The maximum absolute atomic E-state index is 5.43. The molecule has 1 atom stereocenters. The first kappa shape index (κ1) is 9.23. The van der Waals surface area contributed by atoms with Crippen LogP contribution in [-0.2, 0) is 4.74 Å². The highest BCUT2D eigenvalue weighted by Crippen LogP contribution is 2.04. The van der Waals surface area contributed by atoms with Crippen LogP contribution in [0.1, 0.15) is 13.8 Å². The van der Waals surface area contributed by atoms with Gasteiger partial charge in [-0.1, -0.05) is 13.8 Å². The number of hydrogen-bond donors (Lipinski definition) is 2. The third-order valence-electron chi connectivity index (χ3n) is 1.30. The van der Waals surface area contributed by atoms with Crippen LogP contribution in [0.3, 0.4) is 0 Å². The summed E-state index contributed by atoms with van der Waals surface area (Å²) in [4.78, 5) is 0. The fourth-order valence-electron chi connectivity index (χ4n) is 0.808. The number of ether oxygens (including phenoxy) is 1. The number of nitrogens with two attached hydrogens (primary N) is 2. The minimum absolute atomic E-state index is 0.162. The van der Waals surface area contributed by atoms with Crippen LogP contribution in [0.15, 0.2) is 5.10 Å². The Balaban J connectivity index is 4.07. The number of hydrazone groups is 1. The first-order valence-electron chi connectivity index (χ1n) is 3.19. The van der Waals surface area contributed by atoms with Gasteiger partial charge in [0.05, 0.1) is 0 Å². The Labute approximate surface area is 61.2 Å². The standard InChI is InChI=1S/C6H15N3O/c1-4(2)5(10-3)6(7)9-8/h4-5H,8H2,1-3H3,(H2,7,9). The third-order valence-corrected chi connectivity index (χ3v) is 1.30. The predicted molar refractivity (Wildman–Crippen MR) is 41.4 cm³/mol. The summed E-state index contributed by atoms with van der Waals surface area (Å²) in [6, 6.07) is 0. The van der Waals surface area contributed by atoms with Crippen LogP contribution in [-0.4, -0.2) is 19.0 Å². The maximum Gasteiger partial charge on any atom is 0.148 e.